The normalized spacial score (nSPS) is 16.1. The fourth-order valence-corrected chi connectivity index (χ4v) is 4.27. The number of anilines is 1. The van der Waals surface area contributed by atoms with Crippen LogP contribution in [0.3, 0.4) is 0 Å². The van der Waals surface area contributed by atoms with Gasteiger partial charge in [0, 0.05) is 30.4 Å². The first-order valence-electron chi connectivity index (χ1n) is 11.0. The molecule has 0 saturated carbocycles. The number of para-hydroxylation sites is 1. The standard InChI is InChI=1S/C25H28N4O3/c1-18-23(17-26-29(18)22-11-3-2-4-12-22)24(31)27-20-9-7-8-19(16-20)25(32)28-14-6-5-10-21(28)13-15-30/h2-4,7-9,11-12,16-17,21,30H,5-6,10,13-15H2,1H3,(H,27,31)/t21-/m0/s1. The Labute approximate surface area is 187 Å². The maximum absolute atomic E-state index is 13.1. The lowest BCUT2D eigenvalue weighted by Crippen LogP contribution is -2.44. The number of carbonyl (C=O) groups excluding carboxylic acids is 2. The molecule has 1 aliphatic heterocycles. The van der Waals surface area contributed by atoms with Crippen LogP contribution in [-0.4, -0.2) is 50.8 Å². The van der Waals surface area contributed by atoms with Gasteiger partial charge >= 0.3 is 0 Å². The quantitative estimate of drug-likeness (QED) is 0.620. The topological polar surface area (TPSA) is 87.5 Å². The summed E-state index contributed by atoms with van der Waals surface area (Å²) in [5, 5.41) is 16.6. The van der Waals surface area contributed by atoms with Gasteiger partial charge in [0.1, 0.15) is 0 Å². The number of hydrogen-bond donors (Lipinski definition) is 2. The van der Waals surface area contributed by atoms with Crippen LogP contribution in [0.2, 0.25) is 0 Å². The molecule has 0 unspecified atom stereocenters. The predicted octanol–water partition coefficient (Wildman–Crippen LogP) is 3.81. The number of aliphatic hydroxyl groups is 1. The zero-order valence-corrected chi connectivity index (χ0v) is 18.2. The Balaban J connectivity index is 1.50. The van der Waals surface area contributed by atoms with Gasteiger partial charge in [0.05, 0.1) is 23.1 Å². The van der Waals surface area contributed by atoms with Gasteiger partial charge in [-0.15, -0.1) is 0 Å². The number of rotatable bonds is 6. The molecule has 2 N–H and O–H groups in total. The predicted molar refractivity (Wildman–Crippen MR) is 123 cm³/mol. The van der Waals surface area contributed by atoms with E-state index in [4.69, 9.17) is 0 Å². The third-order valence-electron chi connectivity index (χ3n) is 5.97. The first kappa shape index (κ1) is 21.8. The molecular weight excluding hydrogens is 404 g/mol. The number of benzene rings is 2. The zero-order chi connectivity index (χ0) is 22.5. The minimum absolute atomic E-state index is 0.0611. The fraction of sp³-hybridized carbons (Fsp3) is 0.320. The van der Waals surface area contributed by atoms with Crippen molar-refractivity contribution in [3.8, 4) is 5.69 Å². The second-order valence-corrected chi connectivity index (χ2v) is 8.09. The number of likely N-dealkylation sites (tertiary alicyclic amines) is 1. The van der Waals surface area contributed by atoms with Gasteiger partial charge in [-0.1, -0.05) is 24.3 Å². The number of aliphatic hydroxyl groups excluding tert-OH is 1. The molecule has 0 spiro atoms. The summed E-state index contributed by atoms with van der Waals surface area (Å²) in [5.41, 5.74) is 3.19. The molecule has 2 amide bonds. The molecule has 4 rings (SSSR count). The van der Waals surface area contributed by atoms with E-state index in [0.717, 1.165) is 30.6 Å². The van der Waals surface area contributed by atoms with E-state index in [9.17, 15) is 14.7 Å². The van der Waals surface area contributed by atoms with Crippen LogP contribution in [0.1, 0.15) is 52.1 Å². The molecule has 1 atom stereocenters. The van der Waals surface area contributed by atoms with Gasteiger partial charge in [0.2, 0.25) is 0 Å². The van der Waals surface area contributed by atoms with Crippen LogP contribution in [0.5, 0.6) is 0 Å². The lowest BCUT2D eigenvalue weighted by atomic mass is 9.98. The van der Waals surface area contributed by atoms with Crippen molar-refractivity contribution in [3.05, 3.63) is 77.6 Å². The Kier molecular flexibility index (Phi) is 6.66. The molecular formula is C25H28N4O3. The van der Waals surface area contributed by atoms with Crippen LogP contribution in [0.4, 0.5) is 5.69 Å². The molecule has 1 fully saturated rings. The van der Waals surface area contributed by atoms with Gasteiger partial charge in [-0.2, -0.15) is 5.10 Å². The zero-order valence-electron chi connectivity index (χ0n) is 18.2. The maximum Gasteiger partial charge on any atom is 0.259 e. The van der Waals surface area contributed by atoms with Crippen molar-refractivity contribution in [1.82, 2.24) is 14.7 Å². The van der Waals surface area contributed by atoms with Crippen molar-refractivity contribution in [1.29, 1.82) is 0 Å². The van der Waals surface area contributed by atoms with E-state index in [0.29, 0.717) is 29.8 Å². The summed E-state index contributed by atoms with van der Waals surface area (Å²) in [4.78, 5) is 27.9. The molecule has 32 heavy (non-hydrogen) atoms. The largest absolute Gasteiger partial charge is 0.396 e. The van der Waals surface area contributed by atoms with Gasteiger partial charge in [-0.3, -0.25) is 9.59 Å². The third kappa shape index (κ3) is 4.57. The molecule has 2 heterocycles. The first-order chi connectivity index (χ1) is 15.6. The van der Waals surface area contributed by atoms with E-state index >= 15 is 0 Å². The number of hydrogen-bond acceptors (Lipinski definition) is 4. The van der Waals surface area contributed by atoms with Crippen molar-refractivity contribution in [2.75, 3.05) is 18.5 Å². The van der Waals surface area contributed by atoms with Crippen LogP contribution in [0.25, 0.3) is 5.69 Å². The van der Waals surface area contributed by atoms with Crippen molar-refractivity contribution in [2.45, 2.75) is 38.6 Å². The highest BCUT2D eigenvalue weighted by atomic mass is 16.3. The second-order valence-electron chi connectivity index (χ2n) is 8.09. The van der Waals surface area contributed by atoms with E-state index < -0.39 is 0 Å². The highest BCUT2D eigenvalue weighted by Crippen LogP contribution is 2.23. The van der Waals surface area contributed by atoms with Crippen molar-refractivity contribution >= 4 is 17.5 Å². The van der Waals surface area contributed by atoms with Gasteiger partial charge in [-0.05, 0) is 62.9 Å². The number of nitrogens with one attached hydrogen (secondary N) is 1. The number of carbonyl (C=O) groups is 2. The molecule has 1 aromatic heterocycles. The molecule has 7 heteroatoms. The van der Waals surface area contributed by atoms with Gasteiger partial charge in [-0.25, -0.2) is 4.68 Å². The minimum Gasteiger partial charge on any atom is -0.396 e. The highest BCUT2D eigenvalue weighted by molar-refractivity contribution is 6.05. The number of aromatic nitrogens is 2. The van der Waals surface area contributed by atoms with Crippen LogP contribution in [0, 0.1) is 6.92 Å². The van der Waals surface area contributed by atoms with E-state index in [1.165, 1.54) is 0 Å². The summed E-state index contributed by atoms with van der Waals surface area (Å²) in [6, 6.07) is 16.7. The number of amides is 2. The van der Waals surface area contributed by atoms with Crippen LogP contribution < -0.4 is 5.32 Å². The molecule has 0 radical (unpaired) electrons. The van der Waals surface area contributed by atoms with E-state index in [1.54, 1.807) is 35.1 Å². The number of nitrogens with zero attached hydrogens (tertiary/aromatic N) is 3. The average Bonchev–Trinajstić information content (AvgIpc) is 3.21. The summed E-state index contributed by atoms with van der Waals surface area (Å²) >= 11 is 0. The van der Waals surface area contributed by atoms with Gasteiger partial charge in [0.15, 0.2) is 0 Å². The van der Waals surface area contributed by atoms with E-state index in [1.807, 2.05) is 42.2 Å². The fourth-order valence-electron chi connectivity index (χ4n) is 4.27. The van der Waals surface area contributed by atoms with Crippen molar-refractivity contribution < 1.29 is 14.7 Å². The monoisotopic (exact) mass is 432 g/mol. The molecule has 0 bridgehead atoms. The lowest BCUT2D eigenvalue weighted by Gasteiger charge is -2.35. The highest BCUT2D eigenvalue weighted by Gasteiger charge is 2.27. The van der Waals surface area contributed by atoms with E-state index in [2.05, 4.69) is 10.4 Å². The van der Waals surface area contributed by atoms with Crippen molar-refractivity contribution in [3.63, 3.8) is 0 Å². The Morgan fingerprint density at radius 3 is 2.72 bits per heavy atom. The van der Waals surface area contributed by atoms with E-state index in [-0.39, 0.29) is 24.5 Å². The smallest absolute Gasteiger partial charge is 0.259 e. The van der Waals surface area contributed by atoms with Crippen molar-refractivity contribution in [2.24, 2.45) is 0 Å². The Hall–Kier alpha value is -3.45. The van der Waals surface area contributed by atoms with Crippen LogP contribution in [0.15, 0.2) is 60.8 Å². The van der Waals surface area contributed by atoms with Gasteiger partial charge < -0.3 is 15.3 Å². The molecule has 1 aliphatic rings. The third-order valence-corrected chi connectivity index (χ3v) is 5.97. The molecule has 1 saturated heterocycles. The SMILES string of the molecule is Cc1c(C(=O)Nc2cccc(C(=O)N3CCCC[C@H]3CCO)c2)cnn1-c1ccccc1. The summed E-state index contributed by atoms with van der Waals surface area (Å²) in [6.45, 7) is 2.62. The second kappa shape index (κ2) is 9.78. The molecule has 2 aromatic carbocycles. The Morgan fingerprint density at radius 1 is 1.12 bits per heavy atom. The molecule has 3 aromatic rings. The minimum atomic E-state index is -0.273. The maximum atomic E-state index is 13.1. The lowest BCUT2D eigenvalue weighted by molar-refractivity contribution is 0.0574. The van der Waals surface area contributed by atoms with Crippen LogP contribution in [-0.2, 0) is 0 Å². The average molecular weight is 433 g/mol. The summed E-state index contributed by atoms with van der Waals surface area (Å²) in [6.07, 6.45) is 5.09. The number of piperidine rings is 1. The summed E-state index contributed by atoms with van der Waals surface area (Å²) < 4.78 is 1.73. The van der Waals surface area contributed by atoms with Crippen LogP contribution >= 0.6 is 0 Å². The molecule has 7 nitrogen and oxygen atoms in total. The Morgan fingerprint density at radius 2 is 1.94 bits per heavy atom. The Bertz CT molecular complexity index is 1090. The molecule has 166 valence electrons. The van der Waals surface area contributed by atoms with Gasteiger partial charge in [0.25, 0.3) is 11.8 Å². The molecule has 0 aliphatic carbocycles. The summed E-state index contributed by atoms with van der Waals surface area (Å²) in [5.74, 6) is -0.335. The first-order valence-corrected chi connectivity index (χ1v) is 11.0. The summed E-state index contributed by atoms with van der Waals surface area (Å²) in [7, 11) is 0.